The van der Waals surface area contributed by atoms with E-state index in [2.05, 4.69) is 32.9 Å². The first-order valence-electron chi connectivity index (χ1n) is 6.99. The Hall–Kier alpha value is -1.06. The fourth-order valence-corrected chi connectivity index (χ4v) is 1.85. The summed E-state index contributed by atoms with van der Waals surface area (Å²) >= 11 is 0. The molecule has 1 aromatic rings. The first-order chi connectivity index (χ1) is 8.89. The number of rotatable bonds is 7. The first-order valence-corrected chi connectivity index (χ1v) is 6.99. The zero-order valence-electron chi connectivity index (χ0n) is 12.2. The lowest BCUT2D eigenvalue weighted by Gasteiger charge is -2.19. The number of hydrogen-bond donors (Lipinski definition) is 2. The van der Waals surface area contributed by atoms with E-state index in [9.17, 15) is 0 Å². The monoisotopic (exact) mass is 266 g/mol. The number of aliphatic hydroxyl groups is 2. The molecule has 0 fully saturated rings. The van der Waals surface area contributed by atoms with Crippen molar-refractivity contribution in [2.24, 2.45) is 0 Å². The molecule has 19 heavy (non-hydrogen) atoms. The van der Waals surface area contributed by atoms with E-state index in [0.717, 1.165) is 25.0 Å². The lowest BCUT2D eigenvalue weighted by atomic mass is 9.87. The summed E-state index contributed by atoms with van der Waals surface area (Å²) in [5, 5.41) is 17.4. The van der Waals surface area contributed by atoms with Gasteiger partial charge in [0.1, 0.15) is 5.75 Å². The van der Waals surface area contributed by atoms with Crippen molar-refractivity contribution in [3.05, 3.63) is 29.8 Å². The quantitative estimate of drug-likeness (QED) is 0.588. The van der Waals surface area contributed by atoms with Crippen LogP contribution in [0.4, 0.5) is 0 Å². The van der Waals surface area contributed by atoms with Crippen LogP contribution >= 0.6 is 0 Å². The molecule has 3 nitrogen and oxygen atoms in total. The van der Waals surface area contributed by atoms with Crippen LogP contribution in [0.5, 0.6) is 5.75 Å². The average molecular weight is 266 g/mol. The lowest BCUT2D eigenvalue weighted by molar-refractivity contribution is -0.0466. The average Bonchev–Trinajstić information content (AvgIpc) is 2.32. The maximum atomic E-state index is 8.70. The summed E-state index contributed by atoms with van der Waals surface area (Å²) in [6, 6.07) is 8.24. The number of benzene rings is 1. The standard InChI is InChI=1S/C16H26O3/c1-16(2,3)13-8-10-14(11-9-13)19-12-6-4-5-7-15(17)18/h8-11,15,17-18H,4-7,12H2,1-3H3. The van der Waals surface area contributed by atoms with Crippen LogP contribution in [0, 0.1) is 0 Å². The zero-order valence-corrected chi connectivity index (χ0v) is 12.2. The molecular formula is C16H26O3. The summed E-state index contributed by atoms with van der Waals surface area (Å²) in [6.07, 6.45) is 1.99. The summed E-state index contributed by atoms with van der Waals surface area (Å²) < 4.78 is 5.66. The highest BCUT2D eigenvalue weighted by Crippen LogP contribution is 2.24. The van der Waals surface area contributed by atoms with Gasteiger partial charge in [0.05, 0.1) is 6.61 Å². The molecule has 0 spiro atoms. The Bertz CT molecular complexity index is 349. The van der Waals surface area contributed by atoms with Crippen LogP contribution in [0.1, 0.15) is 52.0 Å². The van der Waals surface area contributed by atoms with Crippen LogP contribution in [0.2, 0.25) is 0 Å². The van der Waals surface area contributed by atoms with Gasteiger partial charge in [-0.05, 0) is 48.8 Å². The molecule has 1 aromatic carbocycles. The third-order valence-corrected chi connectivity index (χ3v) is 3.10. The second kappa shape index (κ2) is 7.51. The topological polar surface area (TPSA) is 49.7 Å². The number of hydrogen-bond acceptors (Lipinski definition) is 3. The molecule has 1 rings (SSSR count). The smallest absolute Gasteiger partial charge is 0.151 e. The molecule has 3 heteroatoms. The van der Waals surface area contributed by atoms with Crippen LogP contribution in [0.15, 0.2) is 24.3 Å². The van der Waals surface area contributed by atoms with E-state index in [1.165, 1.54) is 5.56 Å². The van der Waals surface area contributed by atoms with E-state index in [1.54, 1.807) is 0 Å². The van der Waals surface area contributed by atoms with Crippen LogP contribution in [-0.2, 0) is 5.41 Å². The number of ether oxygens (including phenoxy) is 1. The molecule has 0 radical (unpaired) electrons. The minimum absolute atomic E-state index is 0.170. The molecule has 108 valence electrons. The normalized spacial score (nSPS) is 11.9. The molecule has 0 aromatic heterocycles. The predicted molar refractivity (Wildman–Crippen MR) is 77.3 cm³/mol. The van der Waals surface area contributed by atoms with Crippen LogP contribution < -0.4 is 4.74 Å². The van der Waals surface area contributed by atoms with Gasteiger partial charge in [-0.25, -0.2) is 0 Å². The van der Waals surface area contributed by atoms with E-state index in [-0.39, 0.29) is 5.41 Å². The Morgan fingerprint density at radius 3 is 2.16 bits per heavy atom. The van der Waals surface area contributed by atoms with Crippen LogP contribution in [0.25, 0.3) is 0 Å². The van der Waals surface area contributed by atoms with Gasteiger partial charge in [-0.1, -0.05) is 32.9 Å². The summed E-state index contributed by atoms with van der Waals surface area (Å²) in [7, 11) is 0. The Morgan fingerprint density at radius 1 is 1.00 bits per heavy atom. The van der Waals surface area contributed by atoms with E-state index in [4.69, 9.17) is 14.9 Å². The summed E-state index contributed by atoms with van der Waals surface area (Å²) in [6.45, 7) is 7.26. The van der Waals surface area contributed by atoms with Crippen molar-refractivity contribution in [3.8, 4) is 5.75 Å². The zero-order chi connectivity index (χ0) is 14.3. The second-order valence-corrected chi connectivity index (χ2v) is 5.95. The van der Waals surface area contributed by atoms with Crippen molar-refractivity contribution in [1.82, 2.24) is 0 Å². The third-order valence-electron chi connectivity index (χ3n) is 3.10. The van der Waals surface area contributed by atoms with Crippen molar-refractivity contribution in [2.45, 2.75) is 58.2 Å². The molecular weight excluding hydrogens is 240 g/mol. The minimum Gasteiger partial charge on any atom is -0.494 e. The Labute approximate surface area is 116 Å². The van der Waals surface area contributed by atoms with Crippen LogP contribution in [-0.4, -0.2) is 23.1 Å². The Morgan fingerprint density at radius 2 is 1.63 bits per heavy atom. The van der Waals surface area contributed by atoms with E-state index >= 15 is 0 Å². The van der Waals surface area contributed by atoms with Crippen LogP contribution in [0.3, 0.4) is 0 Å². The molecule has 2 N–H and O–H groups in total. The van der Waals surface area contributed by atoms with E-state index in [1.807, 2.05) is 12.1 Å². The van der Waals surface area contributed by atoms with Gasteiger partial charge < -0.3 is 14.9 Å². The maximum absolute atomic E-state index is 8.70. The van der Waals surface area contributed by atoms with Gasteiger partial charge in [0.2, 0.25) is 0 Å². The summed E-state index contributed by atoms with van der Waals surface area (Å²) in [4.78, 5) is 0. The highest BCUT2D eigenvalue weighted by molar-refractivity contribution is 5.31. The van der Waals surface area contributed by atoms with Gasteiger partial charge in [0, 0.05) is 0 Å². The van der Waals surface area contributed by atoms with Crippen molar-refractivity contribution in [1.29, 1.82) is 0 Å². The van der Waals surface area contributed by atoms with Gasteiger partial charge in [-0.3, -0.25) is 0 Å². The first kappa shape index (κ1) is 16.0. The SMILES string of the molecule is CC(C)(C)c1ccc(OCCCCCC(O)O)cc1. The third kappa shape index (κ3) is 6.60. The molecule has 0 heterocycles. The fraction of sp³-hybridized carbons (Fsp3) is 0.625. The molecule has 0 aliphatic rings. The number of aliphatic hydroxyl groups excluding tert-OH is 1. The Kier molecular flexibility index (Phi) is 6.32. The predicted octanol–water partition coefficient (Wildman–Crippen LogP) is 3.23. The Balaban J connectivity index is 2.23. The van der Waals surface area contributed by atoms with Crippen molar-refractivity contribution in [2.75, 3.05) is 6.61 Å². The fourth-order valence-electron chi connectivity index (χ4n) is 1.85. The van der Waals surface area contributed by atoms with E-state index < -0.39 is 6.29 Å². The van der Waals surface area contributed by atoms with Crippen molar-refractivity contribution < 1.29 is 14.9 Å². The molecule has 0 saturated carbocycles. The molecule has 0 atom stereocenters. The van der Waals surface area contributed by atoms with Gasteiger partial charge in [-0.15, -0.1) is 0 Å². The molecule has 0 amide bonds. The maximum Gasteiger partial charge on any atom is 0.151 e. The van der Waals surface area contributed by atoms with Gasteiger partial charge >= 0.3 is 0 Å². The lowest BCUT2D eigenvalue weighted by Crippen LogP contribution is -2.10. The van der Waals surface area contributed by atoms with E-state index in [0.29, 0.717) is 13.0 Å². The van der Waals surface area contributed by atoms with Gasteiger partial charge in [-0.2, -0.15) is 0 Å². The second-order valence-electron chi connectivity index (χ2n) is 5.95. The molecule has 0 aliphatic heterocycles. The van der Waals surface area contributed by atoms with Gasteiger partial charge in [0.25, 0.3) is 0 Å². The molecule has 0 saturated heterocycles. The minimum atomic E-state index is -1.18. The summed E-state index contributed by atoms with van der Waals surface area (Å²) in [5.74, 6) is 0.898. The number of unbranched alkanes of at least 4 members (excludes halogenated alkanes) is 2. The largest absolute Gasteiger partial charge is 0.494 e. The highest BCUT2D eigenvalue weighted by atomic mass is 16.5. The molecule has 0 unspecified atom stereocenters. The molecule has 0 bridgehead atoms. The van der Waals surface area contributed by atoms with Crippen molar-refractivity contribution in [3.63, 3.8) is 0 Å². The molecule has 0 aliphatic carbocycles. The summed E-state index contributed by atoms with van der Waals surface area (Å²) in [5.41, 5.74) is 1.47. The van der Waals surface area contributed by atoms with Gasteiger partial charge in [0.15, 0.2) is 6.29 Å². The highest BCUT2D eigenvalue weighted by Gasteiger charge is 2.12. The van der Waals surface area contributed by atoms with Crippen molar-refractivity contribution >= 4 is 0 Å².